The molecule has 0 aliphatic carbocycles. The van der Waals surface area contributed by atoms with Gasteiger partial charge in [-0.25, -0.2) is 4.79 Å². The van der Waals surface area contributed by atoms with Gasteiger partial charge in [0.1, 0.15) is 0 Å². The molecule has 0 fully saturated rings. The molecule has 4 N–H and O–H groups in total. The second-order valence-electron chi connectivity index (χ2n) is 7.78. The van der Waals surface area contributed by atoms with Gasteiger partial charge in [0, 0.05) is 17.7 Å². The molecule has 4 aromatic carbocycles. The average Bonchev–Trinajstić information content (AvgIpc) is 2.82. The van der Waals surface area contributed by atoms with Crippen molar-refractivity contribution < 1.29 is 19.8 Å². The van der Waals surface area contributed by atoms with Gasteiger partial charge in [-0.15, -0.1) is 0 Å². The van der Waals surface area contributed by atoms with Crippen LogP contribution < -0.4 is 10.6 Å². The summed E-state index contributed by atoms with van der Waals surface area (Å²) < 4.78 is 0. The normalized spacial score (nSPS) is 10.7. The molecule has 0 saturated heterocycles. The van der Waals surface area contributed by atoms with E-state index in [0.29, 0.717) is 17.8 Å². The van der Waals surface area contributed by atoms with Crippen molar-refractivity contribution in [1.82, 2.24) is 0 Å². The number of nitrogens with one attached hydrogen (secondary N) is 2. The molecule has 6 nitrogen and oxygen atoms in total. The zero-order valence-electron chi connectivity index (χ0n) is 17.9. The Morgan fingerprint density at radius 3 is 2.24 bits per heavy atom. The summed E-state index contributed by atoms with van der Waals surface area (Å²) in [6, 6.07) is 26.5. The van der Waals surface area contributed by atoms with E-state index >= 15 is 0 Å². The Kier molecular flexibility index (Phi) is 6.66. The minimum absolute atomic E-state index is 0.00947. The van der Waals surface area contributed by atoms with Crippen molar-refractivity contribution in [1.29, 1.82) is 0 Å². The number of hydrogen-bond donors (Lipinski definition) is 4. The van der Waals surface area contributed by atoms with Crippen LogP contribution in [-0.2, 0) is 17.8 Å². The molecule has 4 aromatic rings. The first kappa shape index (κ1) is 22.0. The first-order valence-corrected chi connectivity index (χ1v) is 10.6. The van der Waals surface area contributed by atoms with Crippen molar-refractivity contribution in [3.8, 4) is 11.1 Å². The fraction of sp³-hybridized carbons (Fsp3) is 0.111. The molecular formula is C27H24N2O4. The van der Waals surface area contributed by atoms with Gasteiger partial charge in [-0.1, -0.05) is 60.7 Å². The SMILES string of the molecule is O=C(O)Nc1cc(CCC(=O)Nc2ccc3cc(CO)ccc3c2)ccc1-c1ccccc1. The van der Waals surface area contributed by atoms with Crippen LogP contribution >= 0.6 is 0 Å². The number of carbonyl (C=O) groups is 2. The van der Waals surface area contributed by atoms with Gasteiger partial charge in [-0.2, -0.15) is 0 Å². The molecule has 33 heavy (non-hydrogen) atoms. The molecular weight excluding hydrogens is 416 g/mol. The van der Waals surface area contributed by atoms with Gasteiger partial charge >= 0.3 is 6.09 Å². The quantitative estimate of drug-likeness (QED) is 0.298. The summed E-state index contributed by atoms with van der Waals surface area (Å²) in [6.07, 6.45) is -0.397. The molecule has 0 bridgehead atoms. The summed E-state index contributed by atoms with van der Waals surface area (Å²) in [7, 11) is 0. The largest absolute Gasteiger partial charge is 0.465 e. The predicted molar refractivity (Wildman–Crippen MR) is 130 cm³/mol. The number of anilines is 2. The maximum Gasteiger partial charge on any atom is 0.409 e. The number of fused-ring (bicyclic) bond motifs is 1. The highest BCUT2D eigenvalue weighted by atomic mass is 16.4. The molecule has 0 unspecified atom stereocenters. The smallest absolute Gasteiger partial charge is 0.409 e. The molecule has 0 spiro atoms. The highest BCUT2D eigenvalue weighted by Gasteiger charge is 2.11. The second-order valence-corrected chi connectivity index (χ2v) is 7.78. The van der Waals surface area contributed by atoms with Gasteiger partial charge in [0.25, 0.3) is 0 Å². The fourth-order valence-electron chi connectivity index (χ4n) is 3.79. The van der Waals surface area contributed by atoms with Crippen LogP contribution in [0.15, 0.2) is 84.9 Å². The van der Waals surface area contributed by atoms with E-state index in [1.165, 1.54) is 0 Å². The Balaban J connectivity index is 1.44. The Hall–Kier alpha value is -4.16. The molecule has 0 radical (unpaired) electrons. The lowest BCUT2D eigenvalue weighted by molar-refractivity contribution is -0.116. The van der Waals surface area contributed by atoms with Crippen molar-refractivity contribution in [3.05, 3.63) is 96.1 Å². The van der Waals surface area contributed by atoms with Crippen LogP contribution in [-0.4, -0.2) is 22.2 Å². The number of aliphatic hydroxyl groups excluding tert-OH is 1. The molecule has 4 rings (SSSR count). The van der Waals surface area contributed by atoms with E-state index in [-0.39, 0.29) is 18.9 Å². The first-order chi connectivity index (χ1) is 16.0. The number of benzene rings is 4. The number of aliphatic hydroxyl groups is 1. The zero-order valence-corrected chi connectivity index (χ0v) is 17.9. The van der Waals surface area contributed by atoms with E-state index in [4.69, 9.17) is 0 Å². The van der Waals surface area contributed by atoms with Crippen LogP contribution in [0, 0.1) is 0 Å². The number of amides is 2. The van der Waals surface area contributed by atoms with Crippen LogP contribution in [0.3, 0.4) is 0 Å². The van der Waals surface area contributed by atoms with Gasteiger partial charge in [0.15, 0.2) is 0 Å². The topological polar surface area (TPSA) is 98.7 Å². The number of carbonyl (C=O) groups excluding carboxylic acids is 1. The van der Waals surface area contributed by atoms with Crippen LogP contribution in [0.4, 0.5) is 16.2 Å². The minimum atomic E-state index is -1.13. The van der Waals surface area contributed by atoms with Gasteiger partial charge in [0.2, 0.25) is 5.91 Å². The lowest BCUT2D eigenvalue weighted by Crippen LogP contribution is -2.13. The van der Waals surface area contributed by atoms with Crippen molar-refractivity contribution in [2.75, 3.05) is 10.6 Å². The van der Waals surface area contributed by atoms with Crippen LogP contribution in [0.1, 0.15) is 17.5 Å². The third-order valence-corrected chi connectivity index (χ3v) is 5.42. The van der Waals surface area contributed by atoms with Gasteiger partial charge in [-0.05, 0) is 58.1 Å². The summed E-state index contributed by atoms with van der Waals surface area (Å²) >= 11 is 0. The minimum Gasteiger partial charge on any atom is -0.465 e. The Morgan fingerprint density at radius 1 is 0.758 bits per heavy atom. The maximum atomic E-state index is 12.5. The van der Waals surface area contributed by atoms with Crippen molar-refractivity contribution in [2.45, 2.75) is 19.4 Å². The van der Waals surface area contributed by atoms with Crippen LogP contribution in [0.25, 0.3) is 21.9 Å². The molecule has 0 atom stereocenters. The van der Waals surface area contributed by atoms with E-state index in [1.807, 2.05) is 78.9 Å². The van der Waals surface area contributed by atoms with Crippen LogP contribution in [0.5, 0.6) is 0 Å². The summed E-state index contributed by atoms with van der Waals surface area (Å²) in [4.78, 5) is 23.8. The summed E-state index contributed by atoms with van der Waals surface area (Å²) in [5.74, 6) is -0.124. The molecule has 6 heteroatoms. The van der Waals surface area contributed by atoms with Crippen LogP contribution in [0.2, 0.25) is 0 Å². The average molecular weight is 440 g/mol. The van der Waals surface area contributed by atoms with E-state index in [2.05, 4.69) is 10.6 Å². The maximum absolute atomic E-state index is 12.5. The molecule has 0 saturated carbocycles. The summed E-state index contributed by atoms with van der Waals surface area (Å²) in [5.41, 5.74) is 4.60. The molecule has 2 amide bonds. The molecule has 0 heterocycles. The highest BCUT2D eigenvalue weighted by Crippen LogP contribution is 2.29. The van der Waals surface area contributed by atoms with E-state index in [0.717, 1.165) is 33.0 Å². The zero-order chi connectivity index (χ0) is 23.2. The fourth-order valence-corrected chi connectivity index (χ4v) is 3.79. The number of hydrogen-bond acceptors (Lipinski definition) is 3. The number of rotatable bonds is 7. The van der Waals surface area contributed by atoms with Gasteiger partial charge in [-0.3, -0.25) is 10.1 Å². The lowest BCUT2D eigenvalue weighted by atomic mass is 9.99. The molecule has 0 aromatic heterocycles. The number of aryl methyl sites for hydroxylation is 1. The van der Waals surface area contributed by atoms with Crippen molar-refractivity contribution >= 4 is 34.1 Å². The Morgan fingerprint density at radius 2 is 1.48 bits per heavy atom. The van der Waals surface area contributed by atoms with Gasteiger partial charge < -0.3 is 15.5 Å². The van der Waals surface area contributed by atoms with Crippen molar-refractivity contribution in [2.24, 2.45) is 0 Å². The third kappa shape index (κ3) is 5.56. The summed E-state index contributed by atoms with van der Waals surface area (Å²) in [5, 5.41) is 25.9. The molecule has 0 aliphatic heterocycles. The van der Waals surface area contributed by atoms with Gasteiger partial charge in [0.05, 0.1) is 12.3 Å². The Labute approximate surface area is 191 Å². The van der Waals surface area contributed by atoms with E-state index in [9.17, 15) is 19.8 Å². The Bertz CT molecular complexity index is 1300. The standard InChI is InChI=1S/C27H24N2O4/c30-17-19-6-9-22-16-23(11-10-21(22)14-19)28-26(31)13-8-18-7-12-24(20-4-2-1-3-5-20)25(15-18)29-27(32)33/h1-7,9-12,14-16,29-30H,8,13,17H2,(H,28,31)(H,32,33). The first-order valence-electron chi connectivity index (χ1n) is 10.6. The molecule has 166 valence electrons. The highest BCUT2D eigenvalue weighted by molar-refractivity contribution is 5.95. The second kappa shape index (κ2) is 9.97. The van der Waals surface area contributed by atoms with E-state index < -0.39 is 6.09 Å². The summed E-state index contributed by atoms with van der Waals surface area (Å²) in [6.45, 7) is -0.00947. The predicted octanol–water partition coefficient (Wildman–Crippen LogP) is 5.66. The molecule has 0 aliphatic rings. The van der Waals surface area contributed by atoms with Crippen molar-refractivity contribution in [3.63, 3.8) is 0 Å². The lowest BCUT2D eigenvalue weighted by Gasteiger charge is -2.12. The number of carboxylic acid groups (broad SMARTS) is 1. The van der Waals surface area contributed by atoms with E-state index in [1.54, 1.807) is 6.07 Å². The third-order valence-electron chi connectivity index (χ3n) is 5.42. The monoisotopic (exact) mass is 440 g/mol.